The number of nitrogens with one attached hydrogen (secondary N) is 1. The normalized spacial score (nSPS) is 11.1. The molecule has 1 aromatic carbocycles. The number of carbonyl (C=O) groups excluding carboxylic acids is 1. The third kappa shape index (κ3) is 6.09. The molecule has 5 rings (SSSR count). The monoisotopic (exact) mass is 544 g/mol. The van der Waals surface area contributed by atoms with Crippen LogP contribution in [0.5, 0.6) is 5.75 Å². The first-order chi connectivity index (χ1) is 19.8. The zero-order valence-corrected chi connectivity index (χ0v) is 23.2. The van der Waals surface area contributed by atoms with Gasteiger partial charge in [-0.3, -0.25) is 14.8 Å². The lowest BCUT2D eigenvalue weighted by Gasteiger charge is -2.18. The second-order valence-electron chi connectivity index (χ2n) is 10.1. The Bertz CT molecular complexity index is 1760. The average Bonchev–Trinajstić information content (AvgIpc) is 3.01. The molecule has 0 unspecified atom stereocenters. The molecule has 204 valence electrons. The largest absolute Gasteiger partial charge is 0.497 e. The standard InChI is InChI=1S/C31H28N8O2/c1-31(2,19-32)28-12-21(9-10-33-28)30(40)37-24-13-27(38-36-17-24)23-11-22-16-35-29(14-26(22)34-15-23)39(3)18-20-5-7-25(41-4)8-6-20/h5-17H,18H2,1-4H3,(H,37,38,40). The maximum Gasteiger partial charge on any atom is 0.255 e. The summed E-state index contributed by atoms with van der Waals surface area (Å²) in [6.07, 6.45) is 6.51. The van der Waals surface area contributed by atoms with Gasteiger partial charge in [0, 0.05) is 54.8 Å². The van der Waals surface area contributed by atoms with Crippen LogP contribution in [0.1, 0.15) is 35.5 Å². The molecular weight excluding hydrogens is 516 g/mol. The maximum atomic E-state index is 12.9. The topological polar surface area (TPSA) is 130 Å². The summed E-state index contributed by atoms with van der Waals surface area (Å²) >= 11 is 0. The van der Waals surface area contributed by atoms with Crippen LogP contribution in [0.2, 0.25) is 0 Å². The van der Waals surface area contributed by atoms with Gasteiger partial charge in [0.2, 0.25) is 0 Å². The summed E-state index contributed by atoms with van der Waals surface area (Å²) in [4.78, 5) is 28.5. The number of hydrogen-bond donors (Lipinski definition) is 1. The highest BCUT2D eigenvalue weighted by molar-refractivity contribution is 6.04. The molecule has 0 aliphatic carbocycles. The van der Waals surface area contributed by atoms with Gasteiger partial charge >= 0.3 is 0 Å². The fraction of sp³-hybridized carbons (Fsp3) is 0.194. The Morgan fingerprint density at radius 1 is 1.02 bits per heavy atom. The van der Waals surface area contributed by atoms with Gasteiger partial charge in [-0.1, -0.05) is 12.1 Å². The molecule has 0 bridgehead atoms. The molecule has 0 radical (unpaired) electrons. The van der Waals surface area contributed by atoms with Crippen molar-refractivity contribution in [3.05, 3.63) is 96.2 Å². The number of pyridine rings is 3. The predicted octanol–water partition coefficient (Wildman–Crippen LogP) is 5.18. The first-order valence-electron chi connectivity index (χ1n) is 12.9. The molecule has 0 spiro atoms. The highest BCUT2D eigenvalue weighted by atomic mass is 16.5. The molecule has 1 amide bonds. The summed E-state index contributed by atoms with van der Waals surface area (Å²) < 4.78 is 5.24. The zero-order valence-electron chi connectivity index (χ0n) is 23.2. The minimum Gasteiger partial charge on any atom is -0.497 e. The number of amides is 1. The van der Waals surface area contributed by atoms with E-state index in [0.29, 0.717) is 29.2 Å². The van der Waals surface area contributed by atoms with Crippen molar-refractivity contribution < 1.29 is 9.53 Å². The van der Waals surface area contributed by atoms with E-state index in [1.165, 1.54) is 12.4 Å². The number of ether oxygens (including phenoxy) is 1. The molecule has 0 atom stereocenters. The molecule has 10 heteroatoms. The van der Waals surface area contributed by atoms with Crippen LogP contribution in [0.4, 0.5) is 11.5 Å². The van der Waals surface area contributed by atoms with Crippen molar-refractivity contribution in [2.75, 3.05) is 24.4 Å². The molecule has 0 saturated carbocycles. The Hall–Kier alpha value is -5.43. The molecule has 41 heavy (non-hydrogen) atoms. The summed E-state index contributed by atoms with van der Waals surface area (Å²) in [5.74, 6) is 1.28. The van der Waals surface area contributed by atoms with Crippen molar-refractivity contribution in [2.24, 2.45) is 0 Å². The number of rotatable bonds is 8. The molecule has 4 aromatic heterocycles. The average molecular weight is 545 g/mol. The molecular formula is C31H28N8O2. The quantitative estimate of drug-likeness (QED) is 0.281. The Labute approximate surface area is 237 Å². The number of hydrogen-bond acceptors (Lipinski definition) is 9. The van der Waals surface area contributed by atoms with Crippen LogP contribution >= 0.6 is 0 Å². The Morgan fingerprint density at radius 3 is 2.59 bits per heavy atom. The van der Waals surface area contributed by atoms with Crippen molar-refractivity contribution in [1.82, 2.24) is 25.1 Å². The van der Waals surface area contributed by atoms with Gasteiger partial charge in [-0.05, 0) is 55.8 Å². The van der Waals surface area contributed by atoms with Crippen LogP contribution in [0.25, 0.3) is 22.2 Å². The lowest BCUT2D eigenvalue weighted by atomic mass is 9.90. The molecule has 0 saturated heterocycles. The van der Waals surface area contributed by atoms with Crippen LogP contribution in [-0.2, 0) is 12.0 Å². The SMILES string of the molecule is COc1ccc(CN(C)c2cc3ncc(-c4cc(NC(=O)c5ccnc(C(C)(C)C#N)c5)cnn4)cc3cn2)cc1. The van der Waals surface area contributed by atoms with Gasteiger partial charge in [0.25, 0.3) is 5.91 Å². The van der Waals surface area contributed by atoms with Crippen molar-refractivity contribution in [2.45, 2.75) is 25.8 Å². The van der Waals surface area contributed by atoms with Crippen LogP contribution in [-0.4, -0.2) is 45.2 Å². The Morgan fingerprint density at radius 2 is 1.83 bits per heavy atom. The van der Waals surface area contributed by atoms with E-state index < -0.39 is 5.41 Å². The van der Waals surface area contributed by atoms with E-state index in [1.54, 1.807) is 51.6 Å². The summed E-state index contributed by atoms with van der Waals surface area (Å²) in [5.41, 5.74) is 3.81. The molecule has 0 fully saturated rings. The third-order valence-corrected chi connectivity index (χ3v) is 6.67. The molecule has 4 heterocycles. The van der Waals surface area contributed by atoms with Crippen LogP contribution in [0.15, 0.2) is 79.4 Å². The van der Waals surface area contributed by atoms with E-state index >= 15 is 0 Å². The van der Waals surface area contributed by atoms with E-state index in [9.17, 15) is 10.1 Å². The van der Waals surface area contributed by atoms with E-state index in [-0.39, 0.29) is 5.91 Å². The zero-order chi connectivity index (χ0) is 29.0. The van der Waals surface area contributed by atoms with Gasteiger partial charge in [-0.15, -0.1) is 0 Å². The maximum absolute atomic E-state index is 12.9. The first-order valence-corrected chi connectivity index (χ1v) is 12.9. The summed E-state index contributed by atoms with van der Waals surface area (Å²) in [5, 5.41) is 21.4. The van der Waals surface area contributed by atoms with Gasteiger partial charge in [0.15, 0.2) is 0 Å². The fourth-order valence-electron chi connectivity index (χ4n) is 4.20. The van der Waals surface area contributed by atoms with E-state index in [4.69, 9.17) is 4.74 Å². The number of nitrogens with zero attached hydrogens (tertiary/aromatic N) is 7. The second-order valence-corrected chi connectivity index (χ2v) is 10.1. The number of carbonyl (C=O) groups is 1. The lowest BCUT2D eigenvalue weighted by molar-refractivity contribution is 0.102. The van der Waals surface area contributed by atoms with E-state index in [2.05, 4.69) is 41.4 Å². The van der Waals surface area contributed by atoms with Crippen molar-refractivity contribution in [1.29, 1.82) is 5.26 Å². The Kier molecular flexibility index (Phi) is 7.52. The van der Waals surface area contributed by atoms with Crippen molar-refractivity contribution in [3.8, 4) is 23.1 Å². The predicted molar refractivity (Wildman–Crippen MR) is 156 cm³/mol. The van der Waals surface area contributed by atoms with Gasteiger partial charge in [0.1, 0.15) is 11.6 Å². The minimum absolute atomic E-state index is 0.339. The molecule has 5 aromatic rings. The highest BCUT2D eigenvalue weighted by Gasteiger charge is 2.22. The molecule has 0 aliphatic rings. The highest BCUT2D eigenvalue weighted by Crippen LogP contribution is 2.26. The fourth-order valence-corrected chi connectivity index (χ4v) is 4.20. The van der Waals surface area contributed by atoms with Crippen LogP contribution < -0.4 is 15.0 Å². The first kappa shape index (κ1) is 27.1. The summed E-state index contributed by atoms with van der Waals surface area (Å²) in [6, 6.07) is 19.0. The minimum atomic E-state index is -0.813. The van der Waals surface area contributed by atoms with Crippen molar-refractivity contribution >= 4 is 28.3 Å². The summed E-state index contributed by atoms with van der Waals surface area (Å²) in [7, 11) is 3.64. The smallest absolute Gasteiger partial charge is 0.255 e. The van der Waals surface area contributed by atoms with Crippen molar-refractivity contribution in [3.63, 3.8) is 0 Å². The number of benzene rings is 1. The van der Waals surface area contributed by atoms with Crippen LogP contribution in [0, 0.1) is 11.3 Å². The number of anilines is 2. The van der Waals surface area contributed by atoms with Gasteiger partial charge in [-0.25, -0.2) is 4.98 Å². The van der Waals surface area contributed by atoms with Gasteiger partial charge < -0.3 is 15.0 Å². The number of fused-ring (bicyclic) bond motifs is 1. The second kappa shape index (κ2) is 11.4. The number of methoxy groups -OCH3 is 1. The lowest BCUT2D eigenvalue weighted by Crippen LogP contribution is -2.18. The van der Waals surface area contributed by atoms with Crippen LogP contribution in [0.3, 0.4) is 0 Å². The summed E-state index contributed by atoms with van der Waals surface area (Å²) in [6.45, 7) is 4.20. The van der Waals surface area contributed by atoms with Gasteiger partial charge in [0.05, 0.1) is 47.4 Å². The molecule has 0 aliphatic heterocycles. The number of nitriles is 1. The molecule has 10 nitrogen and oxygen atoms in total. The van der Waals surface area contributed by atoms with E-state index in [1.807, 2.05) is 43.4 Å². The third-order valence-electron chi connectivity index (χ3n) is 6.67. The van der Waals surface area contributed by atoms with Gasteiger partial charge in [-0.2, -0.15) is 15.5 Å². The number of aromatic nitrogens is 5. The van der Waals surface area contributed by atoms with E-state index in [0.717, 1.165) is 33.6 Å². The Balaban J connectivity index is 1.32. The molecule has 1 N–H and O–H groups in total.